The van der Waals surface area contributed by atoms with E-state index >= 15 is 0 Å². The van der Waals surface area contributed by atoms with Crippen LogP contribution in [0.25, 0.3) is 11.4 Å². The van der Waals surface area contributed by atoms with E-state index < -0.39 is 0 Å². The second-order valence-electron chi connectivity index (χ2n) is 6.21. The molecule has 0 spiro atoms. The molecule has 1 heterocycles. The Kier molecular flexibility index (Phi) is 6.80. The minimum atomic E-state index is -0.0835. The Morgan fingerprint density at radius 1 is 1.18 bits per heavy atom. The number of anilines is 1. The van der Waals surface area contributed by atoms with Crippen LogP contribution in [-0.4, -0.2) is 26.4 Å². The van der Waals surface area contributed by atoms with Crippen molar-refractivity contribution < 1.29 is 4.79 Å². The zero-order valence-electron chi connectivity index (χ0n) is 15.8. The summed E-state index contributed by atoms with van der Waals surface area (Å²) in [6.07, 6.45) is 0. The van der Waals surface area contributed by atoms with E-state index in [1.54, 1.807) is 0 Å². The molecule has 146 valence electrons. The summed E-state index contributed by atoms with van der Waals surface area (Å²) in [7, 11) is 0. The summed E-state index contributed by atoms with van der Waals surface area (Å²) in [4.78, 5) is 12.4. The molecule has 0 saturated carbocycles. The van der Waals surface area contributed by atoms with Crippen molar-refractivity contribution in [2.24, 2.45) is 0 Å². The first-order valence-electron chi connectivity index (χ1n) is 8.78. The Morgan fingerprint density at radius 3 is 2.64 bits per heavy atom. The van der Waals surface area contributed by atoms with E-state index in [1.807, 2.05) is 61.7 Å². The van der Waals surface area contributed by atoms with Crippen molar-refractivity contribution in [1.29, 1.82) is 0 Å². The summed E-state index contributed by atoms with van der Waals surface area (Å²) in [6, 6.07) is 11.4. The van der Waals surface area contributed by atoms with Crippen LogP contribution < -0.4 is 5.32 Å². The van der Waals surface area contributed by atoms with Crippen molar-refractivity contribution in [2.75, 3.05) is 11.1 Å². The molecule has 3 aromatic rings. The molecular formula is C20H20BrClN4OS. The predicted molar refractivity (Wildman–Crippen MR) is 119 cm³/mol. The molecule has 1 N–H and O–H groups in total. The number of aromatic nitrogens is 3. The molecule has 5 nitrogen and oxygen atoms in total. The monoisotopic (exact) mass is 478 g/mol. The van der Waals surface area contributed by atoms with Gasteiger partial charge in [-0.15, -0.1) is 10.2 Å². The highest BCUT2D eigenvalue weighted by Gasteiger charge is 2.17. The molecule has 0 unspecified atom stereocenters. The summed E-state index contributed by atoms with van der Waals surface area (Å²) in [5.74, 6) is 0.866. The van der Waals surface area contributed by atoms with Crippen LogP contribution in [0.15, 0.2) is 46.0 Å². The van der Waals surface area contributed by atoms with Crippen molar-refractivity contribution in [2.45, 2.75) is 32.5 Å². The van der Waals surface area contributed by atoms with Gasteiger partial charge in [-0.25, -0.2) is 0 Å². The SMILES string of the molecule is CCn1c(SCC(=O)Nc2ccc(Br)c(C)c2C)nnc1-c1ccccc1Cl. The molecule has 2 aromatic carbocycles. The lowest BCUT2D eigenvalue weighted by Crippen LogP contribution is -2.15. The minimum Gasteiger partial charge on any atom is -0.325 e. The maximum Gasteiger partial charge on any atom is 0.234 e. The van der Waals surface area contributed by atoms with Gasteiger partial charge in [-0.2, -0.15) is 0 Å². The van der Waals surface area contributed by atoms with Crippen molar-refractivity contribution >= 4 is 50.9 Å². The zero-order valence-corrected chi connectivity index (χ0v) is 19.0. The molecule has 1 aromatic heterocycles. The molecule has 0 atom stereocenters. The van der Waals surface area contributed by atoms with Gasteiger partial charge in [0.2, 0.25) is 5.91 Å². The summed E-state index contributed by atoms with van der Waals surface area (Å²) >= 11 is 11.2. The number of carbonyl (C=O) groups is 1. The number of nitrogens with one attached hydrogen (secondary N) is 1. The highest BCUT2D eigenvalue weighted by molar-refractivity contribution is 9.10. The number of rotatable bonds is 6. The molecule has 0 aliphatic heterocycles. The van der Waals surface area contributed by atoms with Gasteiger partial charge in [0.25, 0.3) is 0 Å². The van der Waals surface area contributed by atoms with Gasteiger partial charge in [0, 0.05) is 22.3 Å². The molecule has 0 saturated heterocycles. The van der Waals surface area contributed by atoms with E-state index in [2.05, 4.69) is 31.4 Å². The Balaban J connectivity index is 1.72. The minimum absolute atomic E-state index is 0.0835. The number of hydrogen-bond acceptors (Lipinski definition) is 4. The molecule has 0 bridgehead atoms. The van der Waals surface area contributed by atoms with Crippen LogP contribution in [0.4, 0.5) is 5.69 Å². The second kappa shape index (κ2) is 9.11. The fourth-order valence-corrected chi connectivity index (χ4v) is 4.21. The van der Waals surface area contributed by atoms with E-state index in [4.69, 9.17) is 11.6 Å². The first-order chi connectivity index (χ1) is 13.4. The summed E-state index contributed by atoms with van der Waals surface area (Å²) in [5, 5.41) is 12.8. The molecule has 3 rings (SSSR count). The highest BCUT2D eigenvalue weighted by atomic mass is 79.9. The fraction of sp³-hybridized carbons (Fsp3) is 0.250. The van der Waals surface area contributed by atoms with E-state index in [1.165, 1.54) is 11.8 Å². The van der Waals surface area contributed by atoms with Crippen LogP contribution in [0, 0.1) is 13.8 Å². The Hall–Kier alpha value is -1.83. The standard InChI is InChI=1S/C20H20BrClN4OS/c1-4-26-19(14-7-5-6-8-16(14)22)24-25-20(26)28-11-18(27)23-17-10-9-15(21)12(2)13(17)3/h5-10H,4,11H2,1-3H3,(H,23,27). The van der Waals surface area contributed by atoms with Gasteiger partial charge in [0.05, 0.1) is 10.8 Å². The average molecular weight is 480 g/mol. The number of thioether (sulfide) groups is 1. The molecule has 8 heteroatoms. The van der Waals surface area contributed by atoms with Crippen molar-refractivity contribution in [3.63, 3.8) is 0 Å². The summed E-state index contributed by atoms with van der Waals surface area (Å²) in [5.41, 5.74) is 3.81. The molecule has 28 heavy (non-hydrogen) atoms. The lowest BCUT2D eigenvalue weighted by atomic mass is 10.1. The second-order valence-corrected chi connectivity index (χ2v) is 8.42. The number of amides is 1. The molecule has 1 amide bonds. The van der Waals surface area contributed by atoms with Crippen LogP contribution in [0.2, 0.25) is 5.02 Å². The van der Waals surface area contributed by atoms with Crippen molar-refractivity contribution in [1.82, 2.24) is 14.8 Å². The molecule has 0 aliphatic carbocycles. The smallest absolute Gasteiger partial charge is 0.234 e. The van der Waals surface area contributed by atoms with Crippen molar-refractivity contribution in [3.05, 3.63) is 57.0 Å². The quantitative estimate of drug-likeness (QED) is 0.459. The Bertz CT molecular complexity index is 1020. The average Bonchev–Trinajstić information content (AvgIpc) is 3.10. The number of halogens is 2. The van der Waals surface area contributed by atoms with Gasteiger partial charge in [0.1, 0.15) is 0 Å². The van der Waals surface area contributed by atoms with Gasteiger partial charge in [-0.05, 0) is 56.2 Å². The lowest BCUT2D eigenvalue weighted by molar-refractivity contribution is -0.113. The molecule has 0 fully saturated rings. The van der Waals surface area contributed by atoms with E-state index in [9.17, 15) is 4.79 Å². The van der Waals surface area contributed by atoms with Crippen LogP contribution in [0.1, 0.15) is 18.1 Å². The fourth-order valence-electron chi connectivity index (χ4n) is 2.76. The third-order valence-electron chi connectivity index (χ3n) is 4.48. The maximum atomic E-state index is 12.4. The number of hydrogen-bond donors (Lipinski definition) is 1. The van der Waals surface area contributed by atoms with Crippen LogP contribution in [0.3, 0.4) is 0 Å². The predicted octanol–water partition coefficient (Wildman–Crippen LogP) is 5.73. The third-order valence-corrected chi connectivity index (χ3v) is 6.63. The molecule has 0 aliphatic rings. The van der Waals surface area contributed by atoms with Gasteiger partial charge < -0.3 is 9.88 Å². The van der Waals surface area contributed by atoms with Gasteiger partial charge in [-0.3, -0.25) is 4.79 Å². The first kappa shape index (κ1) is 20.9. The summed E-state index contributed by atoms with van der Waals surface area (Å²) in [6.45, 7) is 6.71. The topological polar surface area (TPSA) is 59.8 Å². The number of nitrogens with zero attached hydrogens (tertiary/aromatic N) is 3. The number of benzene rings is 2. The normalized spacial score (nSPS) is 10.9. The summed E-state index contributed by atoms with van der Waals surface area (Å²) < 4.78 is 2.99. The van der Waals surface area contributed by atoms with E-state index in [-0.39, 0.29) is 11.7 Å². The van der Waals surface area contributed by atoms with E-state index in [0.717, 1.165) is 26.9 Å². The van der Waals surface area contributed by atoms with Gasteiger partial charge >= 0.3 is 0 Å². The first-order valence-corrected chi connectivity index (χ1v) is 10.9. The highest BCUT2D eigenvalue weighted by Crippen LogP contribution is 2.30. The van der Waals surface area contributed by atoms with Crippen molar-refractivity contribution in [3.8, 4) is 11.4 Å². The number of carbonyl (C=O) groups excluding carboxylic acids is 1. The van der Waals surface area contributed by atoms with Gasteiger partial charge in [0.15, 0.2) is 11.0 Å². The Morgan fingerprint density at radius 2 is 1.93 bits per heavy atom. The van der Waals surface area contributed by atoms with Crippen LogP contribution >= 0.6 is 39.3 Å². The molecular weight excluding hydrogens is 460 g/mol. The molecule has 0 radical (unpaired) electrons. The maximum absolute atomic E-state index is 12.4. The van der Waals surface area contributed by atoms with E-state index in [0.29, 0.717) is 22.5 Å². The zero-order chi connectivity index (χ0) is 20.3. The van der Waals surface area contributed by atoms with Crippen LogP contribution in [0.5, 0.6) is 0 Å². The largest absolute Gasteiger partial charge is 0.325 e. The van der Waals surface area contributed by atoms with Crippen LogP contribution in [-0.2, 0) is 11.3 Å². The third kappa shape index (κ3) is 4.42. The van der Waals surface area contributed by atoms with Gasteiger partial charge in [-0.1, -0.05) is 51.4 Å². The lowest BCUT2D eigenvalue weighted by Gasteiger charge is -2.12. The Labute approximate surface area is 182 Å².